The molecule has 91 valence electrons. The number of ether oxygens (including phenoxy) is 1. The van der Waals surface area contributed by atoms with Gasteiger partial charge in [-0.25, -0.2) is 4.98 Å². The van der Waals surface area contributed by atoms with Gasteiger partial charge < -0.3 is 9.30 Å². The second kappa shape index (κ2) is 5.71. The third kappa shape index (κ3) is 2.78. The molecule has 1 heterocycles. The SMILES string of the molecule is CCCCOc1ccc2n[c]n(CCC)c2c1. The molecular weight excluding hydrogens is 212 g/mol. The molecule has 1 aromatic heterocycles. The van der Waals surface area contributed by atoms with E-state index >= 15 is 0 Å². The van der Waals surface area contributed by atoms with Crippen LogP contribution in [0.4, 0.5) is 0 Å². The zero-order chi connectivity index (χ0) is 12.1. The molecule has 0 aliphatic carbocycles. The summed E-state index contributed by atoms with van der Waals surface area (Å²) in [5, 5.41) is 0. The van der Waals surface area contributed by atoms with E-state index in [-0.39, 0.29) is 0 Å². The molecule has 1 radical (unpaired) electrons. The topological polar surface area (TPSA) is 27.1 Å². The Morgan fingerprint density at radius 1 is 1.29 bits per heavy atom. The van der Waals surface area contributed by atoms with Gasteiger partial charge in [0.25, 0.3) is 0 Å². The molecule has 17 heavy (non-hydrogen) atoms. The summed E-state index contributed by atoms with van der Waals surface area (Å²) in [6.45, 7) is 6.06. The molecule has 0 saturated carbocycles. The first kappa shape index (κ1) is 12.0. The third-order valence-corrected chi connectivity index (χ3v) is 2.74. The van der Waals surface area contributed by atoms with Gasteiger partial charge in [-0.05, 0) is 25.0 Å². The molecule has 0 amide bonds. The molecule has 0 aliphatic heterocycles. The third-order valence-electron chi connectivity index (χ3n) is 2.74. The lowest BCUT2D eigenvalue weighted by molar-refractivity contribution is 0.309. The van der Waals surface area contributed by atoms with Crippen molar-refractivity contribution in [3.63, 3.8) is 0 Å². The molecule has 0 saturated heterocycles. The number of nitrogens with zero attached hydrogens (tertiary/aromatic N) is 2. The standard InChI is InChI=1S/C14H19N2O/c1-3-5-9-17-12-6-7-13-14(10-12)16(8-4-2)11-15-13/h6-7,10H,3-5,8-9H2,1-2H3. The Balaban J connectivity index is 2.18. The highest BCUT2D eigenvalue weighted by atomic mass is 16.5. The van der Waals surface area contributed by atoms with Gasteiger partial charge in [-0.3, -0.25) is 0 Å². The average molecular weight is 231 g/mol. The largest absolute Gasteiger partial charge is 0.494 e. The fraction of sp³-hybridized carbons (Fsp3) is 0.500. The van der Waals surface area contributed by atoms with Gasteiger partial charge in [-0.15, -0.1) is 0 Å². The fourth-order valence-corrected chi connectivity index (χ4v) is 1.80. The lowest BCUT2D eigenvalue weighted by Gasteiger charge is -2.06. The Hall–Kier alpha value is -1.51. The summed E-state index contributed by atoms with van der Waals surface area (Å²) in [5.74, 6) is 0.928. The van der Waals surface area contributed by atoms with Crippen molar-refractivity contribution in [1.29, 1.82) is 0 Å². The molecule has 0 unspecified atom stereocenters. The summed E-state index contributed by atoms with van der Waals surface area (Å²) in [6.07, 6.45) is 6.36. The van der Waals surface area contributed by atoms with Crippen LogP contribution in [-0.2, 0) is 6.54 Å². The molecular formula is C14H19N2O. The minimum absolute atomic E-state index is 0.785. The van der Waals surface area contributed by atoms with E-state index in [1.165, 1.54) is 0 Å². The molecule has 0 atom stereocenters. The summed E-state index contributed by atoms with van der Waals surface area (Å²) in [5.41, 5.74) is 2.10. The van der Waals surface area contributed by atoms with Crippen molar-refractivity contribution >= 4 is 11.0 Å². The maximum absolute atomic E-state index is 5.70. The van der Waals surface area contributed by atoms with E-state index in [2.05, 4.69) is 35.8 Å². The van der Waals surface area contributed by atoms with Crippen molar-refractivity contribution in [3.8, 4) is 5.75 Å². The first-order valence-electron chi connectivity index (χ1n) is 6.36. The summed E-state index contributed by atoms with van der Waals surface area (Å²) in [6, 6.07) is 6.04. The van der Waals surface area contributed by atoms with E-state index < -0.39 is 0 Å². The van der Waals surface area contributed by atoms with Crippen molar-refractivity contribution in [2.45, 2.75) is 39.7 Å². The van der Waals surface area contributed by atoms with Gasteiger partial charge in [0.2, 0.25) is 0 Å². The van der Waals surface area contributed by atoms with Crippen LogP contribution < -0.4 is 4.74 Å². The Bertz CT molecular complexity index is 476. The zero-order valence-corrected chi connectivity index (χ0v) is 10.6. The van der Waals surface area contributed by atoms with Crippen molar-refractivity contribution < 1.29 is 4.74 Å². The number of rotatable bonds is 6. The lowest BCUT2D eigenvalue weighted by atomic mass is 10.3. The second-order valence-electron chi connectivity index (χ2n) is 4.22. The average Bonchev–Trinajstić information content (AvgIpc) is 2.73. The molecule has 2 rings (SSSR count). The number of aryl methyl sites for hydroxylation is 1. The molecule has 0 N–H and O–H groups in total. The number of imidazole rings is 1. The van der Waals surface area contributed by atoms with Crippen LogP contribution in [0.3, 0.4) is 0 Å². The van der Waals surface area contributed by atoms with E-state index in [0.717, 1.165) is 49.2 Å². The monoisotopic (exact) mass is 231 g/mol. The number of hydrogen-bond acceptors (Lipinski definition) is 2. The molecule has 0 spiro atoms. The predicted molar refractivity (Wildman–Crippen MR) is 69.3 cm³/mol. The zero-order valence-electron chi connectivity index (χ0n) is 10.6. The highest BCUT2D eigenvalue weighted by Crippen LogP contribution is 2.20. The first-order valence-corrected chi connectivity index (χ1v) is 6.36. The maximum atomic E-state index is 5.70. The van der Waals surface area contributed by atoms with Crippen molar-refractivity contribution in [3.05, 3.63) is 24.5 Å². The van der Waals surface area contributed by atoms with Crippen LogP contribution in [0.1, 0.15) is 33.1 Å². The summed E-state index contributed by atoms with van der Waals surface area (Å²) < 4.78 is 7.76. The van der Waals surface area contributed by atoms with E-state index in [4.69, 9.17) is 4.74 Å². The van der Waals surface area contributed by atoms with Crippen LogP contribution in [0, 0.1) is 6.33 Å². The molecule has 0 fully saturated rings. The molecule has 1 aromatic carbocycles. The number of unbranched alkanes of at least 4 members (excludes halogenated alkanes) is 1. The minimum Gasteiger partial charge on any atom is -0.494 e. The van der Waals surface area contributed by atoms with Gasteiger partial charge in [0.15, 0.2) is 6.33 Å². The van der Waals surface area contributed by atoms with Gasteiger partial charge in [-0.2, -0.15) is 0 Å². The van der Waals surface area contributed by atoms with Crippen LogP contribution in [0.25, 0.3) is 11.0 Å². The highest BCUT2D eigenvalue weighted by molar-refractivity contribution is 5.76. The van der Waals surface area contributed by atoms with Crippen molar-refractivity contribution in [2.75, 3.05) is 6.61 Å². The van der Waals surface area contributed by atoms with Gasteiger partial charge in [-0.1, -0.05) is 20.3 Å². The normalized spacial score (nSPS) is 10.9. The molecule has 3 nitrogen and oxygen atoms in total. The predicted octanol–water partition coefficient (Wildman–Crippen LogP) is 3.43. The minimum atomic E-state index is 0.785. The number of aromatic nitrogens is 2. The fourth-order valence-electron chi connectivity index (χ4n) is 1.80. The van der Waals surface area contributed by atoms with E-state index in [1.54, 1.807) is 0 Å². The smallest absolute Gasteiger partial charge is 0.177 e. The number of benzene rings is 1. The van der Waals surface area contributed by atoms with Gasteiger partial charge >= 0.3 is 0 Å². The Labute approximate surface area is 102 Å². The molecule has 3 heteroatoms. The Kier molecular flexibility index (Phi) is 4.02. The van der Waals surface area contributed by atoms with Crippen LogP contribution in [0.5, 0.6) is 5.75 Å². The van der Waals surface area contributed by atoms with Crippen molar-refractivity contribution in [1.82, 2.24) is 9.55 Å². The Morgan fingerprint density at radius 3 is 2.94 bits per heavy atom. The summed E-state index contributed by atoms with van der Waals surface area (Å²) in [4.78, 5) is 4.26. The number of hydrogen-bond donors (Lipinski definition) is 0. The van der Waals surface area contributed by atoms with Crippen LogP contribution in [0.15, 0.2) is 18.2 Å². The molecule has 2 aromatic rings. The quantitative estimate of drug-likeness (QED) is 0.712. The van der Waals surface area contributed by atoms with E-state index in [1.807, 2.05) is 12.1 Å². The first-order chi connectivity index (χ1) is 8.35. The van der Waals surface area contributed by atoms with Crippen LogP contribution in [0.2, 0.25) is 0 Å². The maximum Gasteiger partial charge on any atom is 0.177 e. The highest BCUT2D eigenvalue weighted by Gasteiger charge is 2.04. The summed E-state index contributed by atoms with van der Waals surface area (Å²) >= 11 is 0. The van der Waals surface area contributed by atoms with Gasteiger partial charge in [0.1, 0.15) is 5.75 Å². The molecule has 0 aliphatic rings. The summed E-state index contributed by atoms with van der Waals surface area (Å²) in [7, 11) is 0. The van der Waals surface area contributed by atoms with Crippen molar-refractivity contribution in [2.24, 2.45) is 0 Å². The lowest BCUT2D eigenvalue weighted by Crippen LogP contribution is -1.98. The Morgan fingerprint density at radius 2 is 2.18 bits per heavy atom. The van der Waals surface area contributed by atoms with Gasteiger partial charge in [0.05, 0.1) is 17.6 Å². The molecule has 0 bridgehead atoms. The van der Waals surface area contributed by atoms with Crippen LogP contribution in [-0.4, -0.2) is 16.2 Å². The van der Waals surface area contributed by atoms with E-state index in [9.17, 15) is 0 Å². The van der Waals surface area contributed by atoms with Crippen LogP contribution >= 0.6 is 0 Å². The van der Waals surface area contributed by atoms with Gasteiger partial charge in [0, 0.05) is 12.6 Å². The van der Waals surface area contributed by atoms with E-state index in [0.29, 0.717) is 0 Å². The number of fused-ring (bicyclic) bond motifs is 1. The second-order valence-corrected chi connectivity index (χ2v) is 4.22.